The third-order valence-corrected chi connectivity index (χ3v) is 15.4. The number of para-hydroxylation sites is 3. The summed E-state index contributed by atoms with van der Waals surface area (Å²) in [5.41, 5.74) is 20.2. The van der Waals surface area contributed by atoms with E-state index in [-0.39, 0.29) is 5.92 Å². The molecule has 1 atom stereocenters. The van der Waals surface area contributed by atoms with Crippen LogP contribution in [0.2, 0.25) is 0 Å². The molecule has 6 aliphatic rings. The smallest absolute Gasteiger partial charge is 0.193 e. The second kappa shape index (κ2) is 25.5. The Morgan fingerprint density at radius 2 is 1.59 bits per heavy atom. The molecule has 83 heavy (non-hydrogen) atoms. The summed E-state index contributed by atoms with van der Waals surface area (Å²) in [6.45, 7) is 3.09. The summed E-state index contributed by atoms with van der Waals surface area (Å²) in [5, 5.41) is 5.94. The molecule has 1 N–H and O–H groups in total. The molecule has 4 heterocycles. The van der Waals surface area contributed by atoms with Crippen LogP contribution in [0.25, 0.3) is 29.1 Å². The van der Waals surface area contributed by atoms with Gasteiger partial charge in [0.15, 0.2) is 11.5 Å². The molecule has 0 saturated carbocycles. The van der Waals surface area contributed by atoms with E-state index in [0.717, 1.165) is 86.3 Å². The number of hydrogen-bond acceptors (Lipinski definition) is 6. The van der Waals surface area contributed by atoms with Crippen molar-refractivity contribution in [3.63, 3.8) is 0 Å². The van der Waals surface area contributed by atoms with Crippen LogP contribution in [0.15, 0.2) is 311 Å². The minimum absolute atomic E-state index is 0.0529. The zero-order valence-corrected chi connectivity index (χ0v) is 47.0. The SMILES string of the molecule is C/C=C\C=C/c1cn(C2=CC(C3=NCC(c4ccccc4)=CC=C3)=CC=CC2)/c(=C2/Cc3ccccc3N2/C(=C/C=NCC2=CC=C3C(=C=C2)Oc2ccccc2N3C2=CCC=CC=C2)NC)c1=CC(Cc1ccccc1)c1ccccc1. The van der Waals surface area contributed by atoms with E-state index in [0.29, 0.717) is 31.7 Å². The Morgan fingerprint density at radius 3 is 2.43 bits per heavy atom. The molecule has 406 valence electrons. The number of hydrogen-bond donors (Lipinski definition) is 1. The van der Waals surface area contributed by atoms with E-state index in [2.05, 4.69) is 287 Å². The molecule has 3 aliphatic heterocycles. The first-order valence-corrected chi connectivity index (χ1v) is 28.7. The van der Waals surface area contributed by atoms with Crippen LogP contribution in [0.4, 0.5) is 11.4 Å². The quantitative estimate of drug-likeness (QED) is 0.0632. The topological polar surface area (TPSA) is 57.4 Å². The lowest BCUT2D eigenvalue weighted by Crippen LogP contribution is -2.39. The molecule has 0 amide bonds. The Hall–Kier alpha value is -10.2. The highest BCUT2D eigenvalue weighted by Crippen LogP contribution is 2.43. The molecule has 0 fully saturated rings. The number of benzene rings is 5. The molecular formula is C76H66N6O. The Morgan fingerprint density at radius 1 is 0.795 bits per heavy atom. The minimum Gasteiger partial charge on any atom is -0.445 e. The summed E-state index contributed by atoms with van der Waals surface area (Å²) in [6, 6.07) is 49.4. The van der Waals surface area contributed by atoms with Crippen molar-refractivity contribution in [2.45, 2.75) is 38.5 Å². The standard InChI is InChI=1S/C76H66N6O/c1-3-4-10-34-63-55-80(66-38-21-19-32-60(50-66)68-39-25-35-62(54-79-68)58-28-13-8-14-29-58)76(67(63)51-64(59-30-15-9-16-31-59)49-56-26-11-7-12-27-56)72-52-61-33-20-22-40-69(61)82(72)75(77-2)47-48-78-53-57-43-45-71-74(46-44-57)83-73-42-24-23-41-70(73)81(71)65-36-17-5-6-18-37-65/h3-17,19-37,39-45,47-48,50-51,55,64,77H,18,38,49,52-54H2,1-2H3/b4-3-,34-10-,67-51?,75-47+,76-72-,78-48?. The Kier molecular flexibility index (Phi) is 16.4. The molecule has 5 aromatic carbocycles. The number of aliphatic imine (C=N–C) groups is 2. The van der Waals surface area contributed by atoms with Crippen molar-refractivity contribution < 1.29 is 4.74 Å². The molecule has 0 radical (unpaired) electrons. The van der Waals surface area contributed by atoms with Gasteiger partial charge in [-0.05, 0) is 108 Å². The third-order valence-electron chi connectivity index (χ3n) is 15.4. The van der Waals surface area contributed by atoms with Crippen molar-refractivity contribution in [3.05, 3.63) is 339 Å². The molecule has 7 heteroatoms. The van der Waals surface area contributed by atoms with E-state index < -0.39 is 0 Å². The highest BCUT2D eigenvalue weighted by molar-refractivity contribution is 6.12. The van der Waals surface area contributed by atoms with Gasteiger partial charge in [-0.2, -0.15) is 0 Å². The molecule has 7 nitrogen and oxygen atoms in total. The summed E-state index contributed by atoms with van der Waals surface area (Å²) in [7, 11) is 2.00. The van der Waals surface area contributed by atoms with Gasteiger partial charge in [-0.15, -0.1) is 0 Å². The van der Waals surface area contributed by atoms with E-state index in [1.54, 1.807) is 0 Å². The van der Waals surface area contributed by atoms with Crippen LogP contribution in [0.5, 0.6) is 5.75 Å². The zero-order chi connectivity index (χ0) is 56.2. The lowest BCUT2D eigenvalue weighted by Gasteiger charge is -2.34. The average molecular weight is 1080 g/mol. The summed E-state index contributed by atoms with van der Waals surface area (Å²) < 4.78 is 8.97. The van der Waals surface area contributed by atoms with E-state index >= 15 is 0 Å². The second-order valence-electron chi connectivity index (χ2n) is 20.8. The molecule has 1 unspecified atom stereocenters. The first-order chi connectivity index (χ1) is 41.1. The fourth-order valence-electron chi connectivity index (χ4n) is 11.4. The van der Waals surface area contributed by atoms with Gasteiger partial charge in [0.1, 0.15) is 5.82 Å². The highest BCUT2D eigenvalue weighted by Gasteiger charge is 2.31. The Balaban J connectivity index is 0.990. The molecule has 6 aromatic rings. The lowest BCUT2D eigenvalue weighted by molar-refractivity contribution is 0.424. The zero-order valence-electron chi connectivity index (χ0n) is 47.0. The van der Waals surface area contributed by atoms with Crippen molar-refractivity contribution in [1.82, 2.24) is 9.88 Å². The van der Waals surface area contributed by atoms with Crippen LogP contribution in [-0.4, -0.2) is 36.6 Å². The number of fused-ring (bicyclic) bond motifs is 3. The number of ether oxygens (including phenoxy) is 1. The normalized spacial score (nSPS) is 18.0. The van der Waals surface area contributed by atoms with Gasteiger partial charge in [0.25, 0.3) is 0 Å². The number of nitrogens with one attached hydrogen (secondary N) is 1. The maximum Gasteiger partial charge on any atom is 0.193 e. The summed E-state index contributed by atoms with van der Waals surface area (Å²) in [6.07, 6.45) is 53.1. The van der Waals surface area contributed by atoms with Crippen LogP contribution in [0, 0.1) is 0 Å². The first-order valence-electron chi connectivity index (χ1n) is 28.7. The molecule has 3 aliphatic carbocycles. The van der Waals surface area contributed by atoms with Crippen molar-refractivity contribution in [3.8, 4) is 5.75 Å². The van der Waals surface area contributed by atoms with E-state index in [1.807, 2.05) is 31.5 Å². The van der Waals surface area contributed by atoms with E-state index in [4.69, 9.17) is 14.7 Å². The van der Waals surface area contributed by atoms with E-state index in [1.165, 1.54) is 33.0 Å². The van der Waals surface area contributed by atoms with Crippen LogP contribution in [0.3, 0.4) is 0 Å². The molecule has 0 bridgehead atoms. The predicted molar refractivity (Wildman–Crippen MR) is 348 cm³/mol. The fraction of sp³-hybridized carbons (Fsp3) is 0.118. The summed E-state index contributed by atoms with van der Waals surface area (Å²) in [5.74, 6) is 2.42. The Bertz CT molecular complexity index is 4130. The van der Waals surface area contributed by atoms with Crippen molar-refractivity contribution in [1.29, 1.82) is 0 Å². The molecular weight excluding hydrogens is 1010 g/mol. The van der Waals surface area contributed by atoms with E-state index in [9.17, 15) is 0 Å². The van der Waals surface area contributed by atoms with Crippen LogP contribution in [-0.2, 0) is 12.8 Å². The van der Waals surface area contributed by atoms with Gasteiger partial charge >= 0.3 is 0 Å². The molecule has 1 aromatic heterocycles. The Labute approximate surface area is 488 Å². The predicted octanol–water partition coefficient (Wildman–Crippen LogP) is 15.2. The maximum absolute atomic E-state index is 6.50. The lowest BCUT2D eigenvalue weighted by atomic mass is 9.90. The van der Waals surface area contributed by atoms with Gasteiger partial charge in [0, 0.05) is 66.0 Å². The van der Waals surface area contributed by atoms with Crippen molar-refractivity contribution in [2.75, 3.05) is 29.9 Å². The number of anilines is 2. The van der Waals surface area contributed by atoms with Crippen LogP contribution >= 0.6 is 0 Å². The second-order valence-corrected chi connectivity index (χ2v) is 20.8. The maximum atomic E-state index is 6.50. The van der Waals surface area contributed by atoms with Gasteiger partial charge in [0.2, 0.25) is 0 Å². The number of allylic oxidation sites excluding steroid dienone is 20. The van der Waals surface area contributed by atoms with Crippen LogP contribution < -0.4 is 30.4 Å². The largest absolute Gasteiger partial charge is 0.445 e. The van der Waals surface area contributed by atoms with Gasteiger partial charge in [-0.3, -0.25) is 14.9 Å². The van der Waals surface area contributed by atoms with Gasteiger partial charge in [-0.1, -0.05) is 218 Å². The van der Waals surface area contributed by atoms with Crippen LogP contribution in [0.1, 0.15) is 53.5 Å². The number of nitrogens with zero attached hydrogens (tertiary/aromatic N) is 5. The van der Waals surface area contributed by atoms with Crippen molar-refractivity contribution >= 4 is 52.4 Å². The van der Waals surface area contributed by atoms with Gasteiger partial charge in [-0.25, -0.2) is 0 Å². The molecule has 12 rings (SSSR count). The number of aromatic nitrogens is 1. The summed E-state index contributed by atoms with van der Waals surface area (Å²) >= 11 is 0. The average Bonchev–Trinajstić information content (AvgIpc) is 3.53. The monoisotopic (exact) mass is 1080 g/mol. The van der Waals surface area contributed by atoms with Crippen molar-refractivity contribution in [2.24, 2.45) is 9.98 Å². The fourth-order valence-corrected chi connectivity index (χ4v) is 11.4. The molecule has 0 saturated heterocycles. The third kappa shape index (κ3) is 12.0. The van der Waals surface area contributed by atoms with Gasteiger partial charge in [0.05, 0.1) is 46.9 Å². The number of rotatable bonds is 15. The summed E-state index contributed by atoms with van der Waals surface area (Å²) in [4.78, 5) is 15.0. The first kappa shape index (κ1) is 53.4. The molecule has 0 spiro atoms. The van der Waals surface area contributed by atoms with Gasteiger partial charge < -0.3 is 19.5 Å². The minimum atomic E-state index is 0.0529. The highest BCUT2D eigenvalue weighted by atomic mass is 16.5.